The second kappa shape index (κ2) is 15.2. The van der Waals surface area contributed by atoms with Crippen LogP contribution in [0.1, 0.15) is 72.7 Å². The number of nitrogens with zero attached hydrogens (tertiary/aromatic N) is 3. The molecule has 9 nitrogen and oxygen atoms in total. The van der Waals surface area contributed by atoms with E-state index in [1.807, 2.05) is 4.90 Å². The van der Waals surface area contributed by atoms with Gasteiger partial charge in [-0.25, -0.2) is 4.98 Å². The van der Waals surface area contributed by atoms with Crippen molar-refractivity contribution in [3.05, 3.63) is 82.5 Å². The maximum absolute atomic E-state index is 13.4. The number of likely N-dealkylation sites (tertiary alicyclic amines) is 1. The maximum atomic E-state index is 13.4. The van der Waals surface area contributed by atoms with E-state index in [1.165, 1.54) is 24.4 Å². The van der Waals surface area contributed by atoms with E-state index in [9.17, 15) is 19.5 Å². The largest absolute Gasteiger partial charge is 0.506 e. The third kappa shape index (κ3) is 8.46. The topological polar surface area (TPSA) is 115 Å². The summed E-state index contributed by atoms with van der Waals surface area (Å²) in [5.41, 5.74) is 1.24. The van der Waals surface area contributed by atoms with Crippen LogP contribution in [0.25, 0.3) is 0 Å². The van der Waals surface area contributed by atoms with Gasteiger partial charge in [0.05, 0.1) is 22.2 Å². The lowest BCUT2D eigenvalue weighted by Crippen LogP contribution is -2.47. The van der Waals surface area contributed by atoms with Crippen molar-refractivity contribution in [1.29, 1.82) is 0 Å². The molecule has 1 atom stereocenters. The van der Waals surface area contributed by atoms with Gasteiger partial charge in [0.15, 0.2) is 0 Å². The number of anilines is 2. The molecule has 1 aliphatic heterocycles. The molecule has 0 aliphatic carbocycles. The van der Waals surface area contributed by atoms with Crippen LogP contribution in [0.5, 0.6) is 5.75 Å². The molecular weight excluding hydrogens is 589 g/mol. The van der Waals surface area contributed by atoms with Crippen molar-refractivity contribution in [1.82, 2.24) is 14.8 Å². The van der Waals surface area contributed by atoms with Crippen LogP contribution in [0.4, 0.5) is 11.5 Å². The molecule has 3 aromatic rings. The predicted molar refractivity (Wildman–Crippen MR) is 172 cm³/mol. The molecule has 3 N–H and O–H groups in total. The highest BCUT2D eigenvalue weighted by Gasteiger charge is 2.30. The highest BCUT2D eigenvalue weighted by atomic mass is 35.5. The van der Waals surface area contributed by atoms with Crippen LogP contribution in [0, 0.1) is 0 Å². The van der Waals surface area contributed by atoms with Crippen molar-refractivity contribution in [2.24, 2.45) is 0 Å². The monoisotopic (exact) mass is 627 g/mol. The Morgan fingerprint density at radius 3 is 2.35 bits per heavy atom. The van der Waals surface area contributed by atoms with E-state index in [-0.39, 0.29) is 47.1 Å². The molecule has 1 saturated heterocycles. The number of hydrogen-bond donors (Lipinski definition) is 3. The molecule has 11 heteroatoms. The summed E-state index contributed by atoms with van der Waals surface area (Å²) in [6, 6.07) is 15.3. The zero-order valence-electron chi connectivity index (χ0n) is 24.8. The van der Waals surface area contributed by atoms with E-state index in [0.717, 1.165) is 31.5 Å². The molecular formula is C32H39Cl2N5O4. The number of para-hydroxylation sites is 1. The SMILES string of the molecule is CC(C)N(CCN1CCCC(c2ccc(C(=O)Nc3c(O)cccc3C(=O)Nc3ccc(Cl)cn3)cc2)C1=O)C(C)C.Cl. The fraction of sp³-hybridized carbons (Fsp3) is 0.375. The highest BCUT2D eigenvalue weighted by molar-refractivity contribution is 6.30. The van der Waals surface area contributed by atoms with Crippen LogP contribution in [0.2, 0.25) is 5.02 Å². The zero-order valence-corrected chi connectivity index (χ0v) is 26.4. The summed E-state index contributed by atoms with van der Waals surface area (Å²) >= 11 is 5.86. The number of rotatable bonds is 10. The molecule has 1 aromatic heterocycles. The molecule has 2 heterocycles. The summed E-state index contributed by atoms with van der Waals surface area (Å²) in [5.74, 6) is -1.17. The van der Waals surface area contributed by atoms with Gasteiger partial charge in [0, 0.05) is 43.5 Å². The Morgan fingerprint density at radius 2 is 1.72 bits per heavy atom. The minimum Gasteiger partial charge on any atom is -0.506 e. The van der Waals surface area contributed by atoms with Gasteiger partial charge in [-0.2, -0.15) is 0 Å². The first kappa shape index (κ1) is 33.8. The average molecular weight is 629 g/mol. The smallest absolute Gasteiger partial charge is 0.259 e. The number of benzene rings is 2. The summed E-state index contributed by atoms with van der Waals surface area (Å²) in [7, 11) is 0. The Balaban J connectivity index is 0.00000506. The number of phenols is 1. The summed E-state index contributed by atoms with van der Waals surface area (Å²) in [6.07, 6.45) is 3.08. The second-order valence-electron chi connectivity index (χ2n) is 11.0. The third-order valence-corrected chi connectivity index (χ3v) is 7.78. The number of aromatic nitrogens is 1. The Labute approximate surface area is 264 Å². The van der Waals surface area contributed by atoms with Crippen molar-refractivity contribution < 1.29 is 19.5 Å². The van der Waals surface area contributed by atoms with Gasteiger partial charge < -0.3 is 20.6 Å². The van der Waals surface area contributed by atoms with Crippen molar-refractivity contribution >= 4 is 53.2 Å². The van der Waals surface area contributed by atoms with Gasteiger partial charge in [-0.3, -0.25) is 19.3 Å². The molecule has 1 fully saturated rings. The minimum absolute atomic E-state index is 0. The predicted octanol–water partition coefficient (Wildman–Crippen LogP) is 6.19. The first-order chi connectivity index (χ1) is 20.0. The van der Waals surface area contributed by atoms with E-state index in [0.29, 0.717) is 29.2 Å². The van der Waals surface area contributed by atoms with Crippen LogP contribution < -0.4 is 10.6 Å². The fourth-order valence-corrected chi connectivity index (χ4v) is 5.48. The van der Waals surface area contributed by atoms with E-state index in [4.69, 9.17) is 11.6 Å². The molecule has 0 spiro atoms. The molecule has 43 heavy (non-hydrogen) atoms. The van der Waals surface area contributed by atoms with Crippen LogP contribution in [0.15, 0.2) is 60.8 Å². The molecule has 0 saturated carbocycles. The number of halogens is 2. The van der Waals surface area contributed by atoms with Crippen molar-refractivity contribution in [3.63, 3.8) is 0 Å². The average Bonchev–Trinajstić information content (AvgIpc) is 2.96. The number of amides is 3. The molecule has 2 aromatic carbocycles. The van der Waals surface area contributed by atoms with Gasteiger partial charge in [-0.1, -0.05) is 29.8 Å². The number of hydrogen-bond acceptors (Lipinski definition) is 6. The summed E-state index contributed by atoms with van der Waals surface area (Å²) < 4.78 is 0. The standard InChI is InChI=1S/C32H38ClN5O4.ClH/c1-20(2)38(21(3)4)18-17-37-16-6-8-25(32(37)42)22-10-12-23(13-11-22)30(40)36-29-26(7-5-9-27(29)39)31(41)35-28-15-14-24(33)19-34-28;/h5,7,9-15,19-21,25,39H,6,8,16-18H2,1-4H3,(H,36,40)(H,34,35,41);1H. The summed E-state index contributed by atoms with van der Waals surface area (Å²) in [6.45, 7) is 11.0. The van der Waals surface area contributed by atoms with Gasteiger partial charge in [0.1, 0.15) is 11.6 Å². The molecule has 3 amide bonds. The summed E-state index contributed by atoms with van der Waals surface area (Å²) in [4.78, 5) is 47.8. The van der Waals surface area contributed by atoms with Gasteiger partial charge in [-0.15, -0.1) is 12.4 Å². The van der Waals surface area contributed by atoms with Crippen LogP contribution in [-0.4, -0.2) is 69.3 Å². The van der Waals surface area contributed by atoms with Crippen LogP contribution >= 0.6 is 24.0 Å². The van der Waals surface area contributed by atoms with Gasteiger partial charge >= 0.3 is 0 Å². The Hall–Kier alpha value is -3.66. The minimum atomic E-state index is -0.559. The molecule has 0 radical (unpaired) electrons. The first-order valence-electron chi connectivity index (χ1n) is 14.3. The number of carbonyl (C=O) groups excluding carboxylic acids is 3. The number of aromatic hydroxyl groups is 1. The maximum Gasteiger partial charge on any atom is 0.259 e. The van der Waals surface area contributed by atoms with Gasteiger partial charge in [-0.05, 0) is 82.5 Å². The lowest BCUT2D eigenvalue weighted by atomic mass is 9.89. The number of phenolic OH excluding ortho intramolecular Hbond substituents is 1. The van der Waals surface area contributed by atoms with Crippen molar-refractivity contribution in [2.45, 2.75) is 58.5 Å². The van der Waals surface area contributed by atoms with Crippen molar-refractivity contribution in [3.8, 4) is 5.75 Å². The number of pyridine rings is 1. The zero-order chi connectivity index (χ0) is 30.4. The van der Waals surface area contributed by atoms with Crippen LogP contribution in [-0.2, 0) is 4.79 Å². The van der Waals surface area contributed by atoms with E-state index in [2.05, 4.69) is 48.2 Å². The normalized spacial score (nSPS) is 15.0. The molecule has 1 aliphatic rings. The second-order valence-corrected chi connectivity index (χ2v) is 11.5. The summed E-state index contributed by atoms with van der Waals surface area (Å²) in [5, 5.41) is 16.2. The molecule has 1 unspecified atom stereocenters. The molecule has 4 rings (SSSR count). The lowest BCUT2D eigenvalue weighted by Gasteiger charge is -2.36. The van der Waals surface area contributed by atoms with E-state index in [1.54, 1.807) is 36.4 Å². The Kier molecular flexibility index (Phi) is 11.9. The van der Waals surface area contributed by atoms with E-state index < -0.39 is 11.8 Å². The van der Waals surface area contributed by atoms with Crippen molar-refractivity contribution in [2.75, 3.05) is 30.3 Å². The fourth-order valence-electron chi connectivity index (χ4n) is 5.37. The Morgan fingerprint density at radius 1 is 1.02 bits per heavy atom. The molecule has 230 valence electrons. The van der Waals surface area contributed by atoms with Gasteiger partial charge in [0.2, 0.25) is 5.91 Å². The third-order valence-electron chi connectivity index (χ3n) is 7.56. The quantitative estimate of drug-likeness (QED) is 0.231. The Bertz CT molecular complexity index is 1410. The first-order valence-corrected chi connectivity index (χ1v) is 14.6. The highest BCUT2D eigenvalue weighted by Crippen LogP contribution is 2.31. The van der Waals surface area contributed by atoms with Crippen LogP contribution in [0.3, 0.4) is 0 Å². The van der Waals surface area contributed by atoms with Gasteiger partial charge in [0.25, 0.3) is 11.8 Å². The van der Waals surface area contributed by atoms with E-state index >= 15 is 0 Å². The molecule has 0 bridgehead atoms. The lowest BCUT2D eigenvalue weighted by molar-refractivity contribution is -0.135. The number of carbonyl (C=O) groups is 3. The number of piperidine rings is 1. The number of nitrogens with one attached hydrogen (secondary N) is 2.